The first-order chi connectivity index (χ1) is 5.48. The maximum atomic E-state index is 5.37. The Morgan fingerprint density at radius 2 is 1.92 bits per heavy atom. The van der Waals surface area contributed by atoms with Crippen LogP contribution in [0.1, 0.15) is 27.7 Å². The molecule has 0 rings (SSSR count). The Balaban J connectivity index is 3.39. The van der Waals surface area contributed by atoms with Gasteiger partial charge in [-0.3, -0.25) is 0 Å². The van der Waals surface area contributed by atoms with Gasteiger partial charge in [0.2, 0.25) is 0 Å². The van der Waals surface area contributed by atoms with Crippen molar-refractivity contribution < 1.29 is 9.47 Å². The number of hydrogen-bond donors (Lipinski definition) is 0. The SMILES string of the molecule is C#CC(C)(C)OCCOC(C)C. The molecule has 0 aromatic carbocycles. The average Bonchev–Trinajstić information content (AvgIpc) is 1.98. The number of rotatable bonds is 5. The minimum absolute atomic E-state index is 0.252. The quantitative estimate of drug-likeness (QED) is 0.463. The molecule has 0 fully saturated rings. The van der Waals surface area contributed by atoms with Crippen LogP contribution in [0.5, 0.6) is 0 Å². The Morgan fingerprint density at radius 3 is 2.33 bits per heavy atom. The van der Waals surface area contributed by atoms with Gasteiger partial charge in [0, 0.05) is 0 Å². The van der Waals surface area contributed by atoms with E-state index in [4.69, 9.17) is 15.9 Å². The van der Waals surface area contributed by atoms with Gasteiger partial charge < -0.3 is 9.47 Å². The Labute approximate surface area is 75.3 Å². The summed E-state index contributed by atoms with van der Waals surface area (Å²) < 4.78 is 10.7. The lowest BCUT2D eigenvalue weighted by Gasteiger charge is -2.18. The van der Waals surface area contributed by atoms with E-state index in [1.54, 1.807) is 0 Å². The molecular formula is C10H18O2. The lowest BCUT2D eigenvalue weighted by atomic mass is 10.1. The van der Waals surface area contributed by atoms with Crippen molar-refractivity contribution in [3.8, 4) is 12.3 Å². The second kappa shape index (κ2) is 5.18. The van der Waals surface area contributed by atoms with Crippen molar-refractivity contribution in [3.63, 3.8) is 0 Å². The van der Waals surface area contributed by atoms with E-state index in [9.17, 15) is 0 Å². The standard InChI is InChI=1S/C10H18O2/c1-6-10(4,5)12-8-7-11-9(2)3/h1,9H,7-8H2,2-5H3. The third kappa shape index (κ3) is 6.21. The van der Waals surface area contributed by atoms with Crippen molar-refractivity contribution in [3.05, 3.63) is 0 Å². The van der Waals surface area contributed by atoms with Gasteiger partial charge in [-0.2, -0.15) is 0 Å². The van der Waals surface area contributed by atoms with Crippen molar-refractivity contribution in [1.29, 1.82) is 0 Å². The molecule has 0 aliphatic rings. The van der Waals surface area contributed by atoms with Crippen molar-refractivity contribution in [1.82, 2.24) is 0 Å². The lowest BCUT2D eigenvalue weighted by molar-refractivity contribution is -0.0273. The molecule has 0 aliphatic carbocycles. The molecule has 0 aliphatic heterocycles. The first kappa shape index (κ1) is 11.5. The highest BCUT2D eigenvalue weighted by molar-refractivity contribution is 5.02. The third-order valence-electron chi connectivity index (χ3n) is 1.35. The summed E-state index contributed by atoms with van der Waals surface area (Å²) in [6.45, 7) is 8.86. The van der Waals surface area contributed by atoms with Gasteiger partial charge in [0.25, 0.3) is 0 Å². The summed E-state index contributed by atoms with van der Waals surface area (Å²) in [5.41, 5.74) is -0.472. The van der Waals surface area contributed by atoms with E-state index < -0.39 is 5.60 Å². The highest BCUT2D eigenvalue weighted by Gasteiger charge is 2.12. The molecule has 0 spiro atoms. The lowest BCUT2D eigenvalue weighted by Crippen LogP contribution is -2.24. The van der Waals surface area contributed by atoms with Crippen LogP contribution in [0.25, 0.3) is 0 Å². The van der Waals surface area contributed by atoms with E-state index in [1.807, 2.05) is 27.7 Å². The molecule has 0 unspecified atom stereocenters. The van der Waals surface area contributed by atoms with Crippen molar-refractivity contribution in [2.24, 2.45) is 0 Å². The van der Waals surface area contributed by atoms with Crippen LogP contribution in [-0.4, -0.2) is 24.9 Å². The molecule has 0 aromatic heterocycles. The van der Waals surface area contributed by atoms with Gasteiger partial charge in [-0.05, 0) is 27.7 Å². The number of terminal acetylenes is 1. The summed E-state index contributed by atoms with van der Waals surface area (Å²) in [5.74, 6) is 2.55. The Hall–Kier alpha value is -0.520. The maximum absolute atomic E-state index is 5.37. The van der Waals surface area contributed by atoms with Gasteiger partial charge in [0.05, 0.1) is 19.3 Å². The molecular weight excluding hydrogens is 152 g/mol. The predicted octanol–water partition coefficient (Wildman–Crippen LogP) is 1.84. The zero-order valence-electron chi connectivity index (χ0n) is 8.39. The molecule has 0 N–H and O–H groups in total. The fraction of sp³-hybridized carbons (Fsp3) is 0.800. The molecule has 0 saturated carbocycles. The van der Waals surface area contributed by atoms with Crippen LogP contribution in [-0.2, 0) is 9.47 Å². The molecule has 0 heterocycles. The van der Waals surface area contributed by atoms with E-state index in [-0.39, 0.29) is 6.10 Å². The molecule has 0 amide bonds. The molecule has 0 atom stereocenters. The third-order valence-corrected chi connectivity index (χ3v) is 1.35. The fourth-order valence-electron chi connectivity index (χ4n) is 0.622. The highest BCUT2D eigenvalue weighted by atomic mass is 16.5. The second-order valence-electron chi connectivity index (χ2n) is 3.42. The van der Waals surface area contributed by atoms with Crippen LogP contribution in [0.4, 0.5) is 0 Å². The van der Waals surface area contributed by atoms with Crippen molar-refractivity contribution >= 4 is 0 Å². The summed E-state index contributed by atoms with van der Waals surface area (Å²) in [7, 11) is 0. The minimum atomic E-state index is -0.472. The van der Waals surface area contributed by atoms with Crippen LogP contribution >= 0.6 is 0 Å². The van der Waals surface area contributed by atoms with Crippen molar-refractivity contribution in [2.75, 3.05) is 13.2 Å². The van der Waals surface area contributed by atoms with E-state index in [2.05, 4.69) is 5.92 Å². The summed E-state index contributed by atoms with van der Waals surface area (Å²) >= 11 is 0. The van der Waals surface area contributed by atoms with Gasteiger partial charge in [0.15, 0.2) is 0 Å². The van der Waals surface area contributed by atoms with E-state index >= 15 is 0 Å². The highest BCUT2D eigenvalue weighted by Crippen LogP contribution is 2.05. The van der Waals surface area contributed by atoms with Gasteiger partial charge >= 0.3 is 0 Å². The van der Waals surface area contributed by atoms with Crippen molar-refractivity contribution in [2.45, 2.75) is 39.4 Å². The Kier molecular flexibility index (Phi) is 4.96. The zero-order chi connectivity index (χ0) is 9.61. The maximum Gasteiger partial charge on any atom is 0.122 e. The van der Waals surface area contributed by atoms with Crippen LogP contribution < -0.4 is 0 Å². The van der Waals surface area contributed by atoms with Gasteiger partial charge in [-0.15, -0.1) is 6.42 Å². The molecule has 0 aromatic rings. The first-order valence-corrected chi connectivity index (χ1v) is 4.21. The molecule has 70 valence electrons. The number of ether oxygens (including phenoxy) is 2. The topological polar surface area (TPSA) is 18.5 Å². The monoisotopic (exact) mass is 170 g/mol. The molecule has 0 radical (unpaired) electrons. The van der Waals surface area contributed by atoms with Gasteiger partial charge in [0.1, 0.15) is 5.60 Å². The molecule has 0 bridgehead atoms. The molecule has 2 heteroatoms. The smallest absolute Gasteiger partial charge is 0.122 e. The summed E-state index contributed by atoms with van der Waals surface area (Å²) in [6.07, 6.45) is 5.48. The Bertz CT molecular complexity index is 154. The van der Waals surface area contributed by atoms with E-state index in [1.165, 1.54) is 0 Å². The van der Waals surface area contributed by atoms with Crippen LogP contribution in [0, 0.1) is 12.3 Å². The van der Waals surface area contributed by atoms with Crippen LogP contribution in [0.2, 0.25) is 0 Å². The minimum Gasteiger partial charge on any atom is -0.376 e. The van der Waals surface area contributed by atoms with E-state index in [0.29, 0.717) is 13.2 Å². The summed E-state index contributed by atoms with van der Waals surface area (Å²) in [5, 5.41) is 0. The van der Waals surface area contributed by atoms with Gasteiger partial charge in [-0.25, -0.2) is 0 Å². The average molecular weight is 170 g/mol. The normalized spacial score (nSPS) is 11.7. The Morgan fingerprint density at radius 1 is 1.33 bits per heavy atom. The molecule has 0 saturated heterocycles. The first-order valence-electron chi connectivity index (χ1n) is 4.21. The van der Waals surface area contributed by atoms with Crippen LogP contribution in [0.3, 0.4) is 0 Å². The largest absolute Gasteiger partial charge is 0.376 e. The zero-order valence-corrected chi connectivity index (χ0v) is 8.39. The predicted molar refractivity (Wildman–Crippen MR) is 50.0 cm³/mol. The summed E-state index contributed by atoms with van der Waals surface area (Å²) in [6, 6.07) is 0. The molecule has 12 heavy (non-hydrogen) atoms. The van der Waals surface area contributed by atoms with E-state index in [0.717, 1.165) is 0 Å². The number of hydrogen-bond acceptors (Lipinski definition) is 2. The summed E-state index contributed by atoms with van der Waals surface area (Å²) in [4.78, 5) is 0. The van der Waals surface area contributed by atoms with Crippen LogP contribution in [0.15, 0.2) is 0 Å². The second-order valence-corrected chi connectivity index (χ2v) is 3.42. The fourth-order valence-corrected chi connectivity index (χ4v) is 0.622. The molecule has 2 nitrogen and oxygen atoms in total. The van der Waals surface area contributed by atoms with Gasteiger partial charge in [-0.1, -0.05) is 5.92 Å².